The molecule has 0 radical (unpaired) electrons. The van der Waals surface area contributed by atoms with Gasteiger partial charge in [-0.1, -0.05) is 41.9 Å². The van der Waals surface area contributed by atoms with Gasteiger partial charge in [0.1, 0.15) is 11.6 Å². The molecule has 0 unspecified atom stereocenters. The van der Waals surface area contributed by atoms with Gasteiger partial charge in [0, 0.05) is 17.8 Å². The predicted octanol–water partition coefficient (Wildman–Crippen LogP) is 7.25. The van der Waals surface area contributed by atoms with E-state index >= 15 is 0 Å². The van der Waals surface area contributed by atoms with E-state index in [4.69, 9.17) is 16.3 Å². The molecule has 178 valence electrons. The molecular weight excluding hydrogens is 477 g/mol. The second kappa shape index (κ2) is 9.46. The lowest BCUT2D eigenvalue weighted by atomic mass is 10.0. The standard InChI is InChI=1S/C26H20ClF3N4O/c27-21-8-4-5-9-23(21)34-15-14-20-22(16-34)32-25(35-19-6-2-1-3-7-19)33-24(20)31-18-12-10-17(11-13-18)26(28,29)30/h1-13H,14-16H2,(H,31,32,33). The van der Waals surface area contributed by atoms with Gasteiger partial charge in [-0.2, -0.15) is 23.1 Å². The number of nitrogens with zero attached hydrogens (tertiary/aromatic N) is 3. The van der Waals surface area contributed by atoms with E-state index in [0.29, 0.717) is 41.8 Å². The third kappa shape index (κ3) is 5.17. The molecule has 35 heavy (non-hydrogen) atoms. The summed E-state index contributed by atoms with van der Waals surface area (Å²) in [4.78, 5) is 11.3. The first-order chi connectivity index (χ1) is 16.9. The predicted molar refractivity (Wildman–Crippen MR) is 129 cm³/mol. The van der Waals surface area contributed by atoms with Crippen LogP contribution in [0.15, 0.2) is 78.9 Å². The van der Waals surface area contributed by atoms with Crippen LogP contribution in [0.25, 0.3) is 0 Å². The molecule has 0 saturated heterocycles. The monoisotopic (exact) mass is 496 g/mol. The fraction of sp³-hybridized carbons (Fsp3) is 0.154. The minimum absolute atomic E-state index is 0.144. The number of alkyl halides is 3. The third-order valence-electron chi connectivity index (χ3n) is 5.67. The van der Waals surface area contributed by atoms with Crippen molar-refractivity contribution in [3.63, 3.8) is 0 Å². The Hall–Kier alpha value is -3.78. The maximum atomic E-state index is 13.0. The van der Waals surface area contributed by atoms with Crippen molar-refractivity contribution < 1.29 is 17.9 Å². The Morgan fingerprint density at radius 1 is 0.886 bits per heavy atom. The zero-order valence-corrected chi connectivity index (χ0v) is 19.1. The van der Waals surface area contributed by atoms with Gasteiger partial charge in [-0.25, -0.2) is 0 Å². The highest BCUT2D eigenvalue weighted by Crippen LogP contribution is 2.35. The van der Waals surface area contributed by atoms with Crippen molar-refractivity contribution >= 4 is 28.8 Å². The fourth-order valence-corrected chi connectivity index (χ4v) is 4.20. The number of hydrogen-bond acceptors (Lipinski definition) is 5. The van der Waals surface area contributed by atoms with Crippen LogP contribution in [0, 0.1) is 0 Å². The van der Waals surface area contributed by atoms with E-state index in [0.717, 1.165) is 29.1 Å². The van der Waals surface area contributed by atoms with E-state index in [9.17, 15) is 13.2 Å². The van der Waals surface area contributed by atoms with Gasteiger partial charge >= 0.3 is 12.2 Å². The minimum Gasteiger partial charge on any atom is -0.424 e. The summed E-state index contributed by atoms with van der Waals surface area (Å²) in [7, 11) is 0. The number of rotatable bonds is 5. The number of benzene rings is 3. The summed E-state index contributed by atoms with van der Waals surface area (Å²) in [6, 6.07) is 21.7. The lowest BCUT2D eigenvalue weighted by Crippen LogP contribution is -2.32. The maximum Gasteiger partial charge on any atom is 0.416 e. The van der Waals surface area contributed by atoms with Crippen molar-refractivity contribution in [3.8, 4) is 11.8 Å². The van der Waals surface area contributed by atoms with E-state index in [-0.39, 0.29) is 6.01 Å². The van der Waals surface area contributed by atoms with Gasteiger partial charge in [-0.05, 0) is 55.0 Å². The van der Waals surface area contributed by atoms with Gasteiger partial charge in [0.2, 0.25) is 0 Å². The van der Waals surface area contributed by atoms with E-state index in [1.165, 1.54) is 12.1 Å². The van der Waals surface area contributed by atoms with Crippen LogP contribution in [0.3, 0.4) is 0 Å². The average molecular weight is 497 g/mol. The molecule has 0 fully saturated rings. The molecule has 1 N–H and O–H groups in total. The highest BCUT2D eigenvalue weighted by molar-refractivity contribution is 6.33. The molecule has 0 spiro atoms. The van der Waals surface area contributed by atoms with Crippen molar-refractivity contribution in [3.05, 3.63) is 101 Å². The smallest absolute Gasteiger partial charge is 0.416 e. The van der Waals surface area contributed by atoms with Crippen LogP contribution in [-0.4, -0.2) is 16.5 Å². The zero-order valence-electron chi connectivity index (χ0n) is 18.4. The van der Waals surface area contributed by atoms with Gasteiger partial charge in [0.15, 0.2) is 0 Å². The first-order valence-electron chi connectivity index (χ1n) is 10.9. The number of hydrogen-bond donors (Lipinski definition) is 1. The van der Waals surface area contributed by atoms with Crippen molar-refractivity contribution in [2.24, 2.45) is 0 Å². The molecule has 0 saturated carbocycles. The molecule has 5 rings (SSSR count). The summed E-state index contributed by atoms with van der Waals surface area (Å²) < 4.78 is 44.8. The Kier molecular flexibility index (Phi) is 6.21. The molecule has 9 heteroatoms. The van der Waals surface area contributed by atoms with Crippen LogP contribution in [0.4, 0.5) is 30.4 Å². The molecule has 3 aromatic carbocycles. The molecule has 0 bridgehead atoms. The van der Waals surface area contributed by atoms with Crippen LogP contribution in [0.1, 0.15) is 16.8 Å². The van der Waals surface area contributed by atoms with Crippen LogP contribution in [0.5, 0.6) is 11.8 Å². The van der Waals surface area contributed by atoms with Crippen LogP contribution in [-0.2, 0) is 19.1 Å². The summed E-state index contributed by atoms with van der Waals surface area (Å²) >= 11 is 6.42. The highest BCUT2D eigenvalue weighted by Gasteiger charge is 2.30. The largest absolute Gasteiger partial charge is 0.424 e. The van der Waals surface area contributed by atoms with Crippen molar-refractivity contribution in [2.45, 2.75) is 19.1 Å². The molecule has 1 aliphatic heterocycles. The lowest BCUT2D eigenvalue weighted by molar-refractivity contribution is -0.137. The highest BCUT2D eigenvalue weighted by atomic mass is 35.5. The molecule has 4 aromatic rings. The van der Waals surface area contributed by atoms with Crippen LogP contribution in [0.2, 0.25) is 5.02 Å². The number of halogens is 4. The van der Waals surface area contributed by atoms with E-state index < -0.39 is 11.7 Å². The second-order valence-corrected chi connectivity index (χ2v) is 8.43. The number of nitrogens with one attached hydrogen (secondary N) is 1. The Balaban J connectivity index is 1.49. The minimum atomic E-state index is -4.40. The van der Waals surface area contributed by atoms with Crippen molar-refractivity contribution in [1.82, 2.24) is 9.97 Å². The fourth-order valence-electron chi connectivity index (χ4n) is 3.94. The number of ether oxygens (including phenoxy) is 1. The number of anilines is 3. The molecule has 0 aliphatic carbocycles. The summed E-state index contributed by atoms with van der Waals surface area (Å²) in [5.41, 5.74) is 2.32. The number of fused-ring (bicyclic) bond motifs is 1. The molecule has 1 aliphatic rings. The van der Waals surface area contributed by atoms with Crippen LogP contribution < -0.4 is 15.0 Å². The van der Waals surface area contributed by atoms with Gasteiger partial charge in [0.25, 0.3) is 0 Å². The van der Waals surface area contributed by atoms with E-state index in [2.05, 4.69) is 20.2 Å². The van der Waals surface area contributed by atoms with Crippen molar-refractivity contribution in [1.29, 1.82) is 0 Å². The summed E-state index contributed by atoms with van der Waals surface area (Å²) in [5, 5.41) is 3.81. The topological polar surface area (TPSA) is 50.3 Å². The van der Waals surface area contributed by atoms with Crippen LogP contribution >= 0.6 is 11.6 Å². The maximum absolute atomic E-state index is 13.0. The Morgan fingerprint density at radius 2 is 1.60 bits per heavy atom. The summed E-state index contributed by atoms with van der Waals surface area (Å²) in [6.07, 6.45) is -3.78. The van der Waals surface area contributed by atoms with E-state index in [1.807, 2.05) is 42.5 Å². The molecular formula is C26H20ClF3N4O. The zero-order chi connectivity index (χ0) is 24.4. The van der Waals surface area contributed by atoms with Crippen molar-refractivity contribution in [2.75, 3.05) is 16.8 Å². The molecule has 2 heterocycles. The molecule has 0 amide bonds. The SMILES string of the molecule is FC(F)(F)c1ccc(Nc2nc(Oc3ccccc3)nc3c2CCN(c2ccccc2Cl)C3)cc1. The summed E-state index contributed by atoms with van der Waals surface area (Å²) in [6.45, 7) is 1.16. The Bertz CT molecular complexity index is 1330. The normalized spacial score (nSPS) is 13.3. The quantitative estimate of drug-likeness (QED) is 0.315. The number of aromatic nitrogens is 2. The third-order valence-corrected chi connectivity index (χ3v) is 5.98. The van der Waals surface area contributed by atoms with Gasteiger partial charge in [-0.15, -0.1) is 0 Å². The van der Waals surface area contributed by atoms with E-state index in [1.54, 1.807) is 12.1 Å². The molecule has 0 atom stereocenters. The Labute approximate surface area is 205 Å². The number of para-hydroxylation sites is 2. The molecule has 5 nitrogen and oxygen atoms in total. The lowest BCUT2D eigenvalue weighted by Gasteiger charge is -2.31. The first kappa shape index (κ1) is 23.0. The van der Waals surface area contributed by atoms with Gasteiger partial charge in [0.05, 0.1) is 28.5 Å². The molecule has 1 aromatic heterocycles. The van der Waals surface area contributed by atoms with Gasteiger partial charge < -0.3 is 15.0 Å². The summed E-state index contributed by atoms with van der Waals surface area (Å²) in [5.74, 6) is 1.08. The average Bonchev–Trinajstić information content (AvgIpc) is 2.84. The first-order valence-corrected chi connectivity index (χ1v) is 11.3. The second-order valence-electron chi connectivity index (χ2n) is 8.02. The Morgan fingerprint density at radius 3 is 2.31 bits per heavy atom. The van der Waals surface area contributed by atoms with Gasteiger partial charge in [-0.3, -0.25) is 0 Å².